The summed E-state index contributed by atoms with van der Waals surface area (Å²) in [4.78, 5) is 13.5. The Balaban J connectivity index is 1.32. The molecule has 9 heteroatoms. The SMILES string of the molecule is Cc1ccc(S(=O)(=O)NC2Cc3ccc(NC(=O)c4cccc(C)c4-c4ccc(C(F)(F)F)cc4)cc3C2)cc1. The van der Waals surface area contributed by atoms with E-state index < -0.39 is 27.7 Å². The Hall–Kier alpha value is -3.95. The normalized spacial score (nSPS) is 15.1. The highest BCUT2D eigenvalue weighted by Crippen LogP contribution is 2.34. The van der Waals surface area contributed by atoms with Crippen LogP contribution in [0.1, 0.15) is 38.2 Å². The van der Waals surface area contributed by atoms with Gasteiger partial charge >= 0.3 is 6.18 Å². The number of carbonyl (C=O) groups is 1. The number of hydrogen-bond donors (Lipinski definition) is 2. The standard InChI is InChI=1S/C31H27F3N2O3S/c1-19-6-14-27(15-7-19)40(38,39)36-26-16-22-10-13-25(17-23(22)18-26)35-30(37)28-5-3-4-20(2)29(28)21-8-11-24(12-9-21)31(32,33)34/h3-15,17,26,36H,16,18H2,1-2H3,(H,35,37). The molecule has 0 spiro atoms. The summed E-state index contributed by atoms with van der Waals surface area (Å²) in [6, 6.07) is 21.8. The van der Waals surface area contributed by atoms with E-state index in [0.29, 0.717) is 35.2 Å². The third kappa shape index (κ3) is 5.80. The number of carbonyl (C=O) groups excluding carboxylic acids is 1. The van der Waals surface area contributed by atoms with Crippen LogP contribution in [0.25, 0.3) is 11.1 Å². The zero-order valence-corrected chi connectivity index (χ0v) is 22.7. The number of aryl methyl sites for hydroxylation is 2. The average molecular weight is 565 g/mol. The summed E-state index contributed by atoms with van der Waals surface area (Å²) in [5.74, 6) is -0.395. The second kappa shape index (κ2) is 10.6. The summed E-state index contributed by atoms with van der Waals surface area (Å²) in [6.45, 7) is 3.69. The van der Waals surface area contributed by atoms with E-state index in [0.717, 1.165) is 34.4 Å². The van der Waals surface area contributed by atoms with Crippen LogP contribution in [-0.2, 0) is 29.0 Å². The minimum atomic E-state index is -4.45. The van der Waals surface area contributed by atoms with Crippen LogP contribution in [0.2, 0.25) is 0 Å². The van der Waals surface area contributed by atoms with Crippen molar-refractivity contribution in [1.29, 1.82) is 0 Å². The first-order valence-corrected chi connectivity index (χ1v) is 14.2. The van der Waals surface area contributed by atoms with Gasteiger partial charge in [0.1, 0.15) is 0 Å². The molecule has 1 aliphatic rings. The molecule has 5 rings (SSSR count). The van der Waals surface area contributed by atoms with Gasteiger partial charge in [0.05, 0.1) is 10.5 Å². The van der Waals surface area contributed by atoms with Crippen LogP contribution in [0, 0.1) is 13.8 Å². The molecule has 0 saturated heterocycles. The average Bonchev–Trinajstić information content (AvgIpc) is 3.29. The van der Waals surface area contributed by atoms with Gasteiger partial charge in [-0.05, 0) is 97.0 Å². The van der Waals surface area contributed by atoms with E-state index in [1.165, 1.54) is 12.1 Å². The molecular weight excluding hydrogens is 537 g/mol. The molecule has 0 radical (unpaired) electrons. The largest absolute Gasteiger partial charge is 0.416 e. The van der Waals surface area contributed by atoms with Gasteiger partial charge in [-0.25, -0.2) is 13.1 Å². The number of hydrogen-bond acceptors (Lipinski definition) is 3. The number of alkyl halides is 3. The maximum absolute atomic E-state index is 13.3. The van der Waals surface area contributed by atoms with Gasteiger partial charge in [-0.1, -0.05) is 48.0 Å². The molecule has 2 N–H and O–H groups in total. The van der Waals surface area contributed by atoms with Crippen LogP contribution in [0.3, 0.4) is 0 Å². The Morgan fingerprint density at radius 3 is 2.20 bits per heavy atom. The second-order valence-electron chi connectivity index (χ2n) is 10.0. The number of sulfonamides is 1. The summed E-state index contributed by atoms with van der Waals surface area (Å²) < 4.78 is 67.6. The quantitative estimate of drug-likeness (QED) is 0.274. The van der Waals surface area contributed by atoms with Crippen LogP contribution < -0.4 is 10.0 Å². The van der Waals surface area contributed by atoms with Gasteiger partial charge in [0, 0.05) is 17.3 Å². The van der Waals surface area contributed by atoms with Gasteiger partial charge in [0.15, 0.2) is 0 Å². The number of nitrogens with one attached hydrogen (secondary N) is 2. The molecule has 4 aromatic carbocycles. The Bertz CT molecular complexity index is 1680. The fourth-order valence-electron chi connectivity index (χ4n) is 5.05. The molecular formula is C31H27F3N2O3S. The molecule has 206 valence electrons. The van der Waals surface area contributed by atoms with Gasteiger partial charge < -0.3 is 5.32 Å². The van der Waals surface area contributed by atoms with Crippen LogP contribution >= 0.6 is 0 Å². The van der Waals surface area contributed by atoms with Crippen molar-refractivity contribution in [2.45, 2.75) is 43.8 Å². The third-order valence-electron chi connectivity index (χ3n) is 7.07. The first kappa shape index (κ1) is 27.6. The van der Waals surface area contributed by atoms with Crippen molar-refractivity contribution < 1.29 is 26.4 Å². The Labute approximate surface area is 231 Å². The van der Waals surface area contributed by atoms with Crippen molar-refractivity contribution in [1.82, 2.24) is 4.72 Å². The molecule has 5 nitrogen and oxygen atoms in total. The topological polar surface area (TPSA) is 75.3 Å². The van der Waals surface area contributed by atoms with Crippen molar-refractivity contribution in [2.75, 3.05) is 5.32 Å². The molecule has 0 aromatic heterocycles. The van der Waals surface area contributed by atoms with Crippen LogP contribution in [0.5, 0.6) is 0 Å². The first-order valence-electron chi connectivity index (χ1n) is 12.7. The van der Waals surface area contributed by atoms with Gasteiger partial charge in [0.2, 0.25) is 10.0 Å². The lowest BCUT2D eigenvalue weighted by Crippen LogP contribution is -2.35. The van der Waals surface area contributed by atoms with Crippen LogP contribution in [0.4, 0.5) is 18.9 Å². The van der Waals surface area contributed by atoms with E-state index in [4.69, 9.17) is 0 Å². The highest BCUT2D eigenvalue weighted by molar-refractivity contribution is 7.89. The Morgan fingerprint density at radius 2 is 1.52 bits per heavy atom. The number of fused-ring (bicyclic) bond motifs is 1. The molecule has 0 bridgehead atoms. The lowest BCUT2D eigenvalue weighted by Gasteiger charge is -2.15. The molecule has 40 heavy (non-hydrogen) atoms. The molecule has 0 fully saturated rings. The number of anilines is 1. The molecule has 1 amide bonds. The van der Waals surface area contributed by atoms with Crippen molar-refractivity contribution in [3.8, 4) is 11.1 Å². The van der Waals surface area contributed by atoms with Crippen molar-refractivity contribution in [2.24, 2.45) is 0 Å². The first-order chi connectivity index (χ1) is 18.9. The summed E-state index contributed by atoms with van der Waals surface area (Å²) in [7, 11) is -3.67. The Kier molecular flexibility index (Phi) is 7.29. The molecule has 4 aromatic rings. The number of rotatable bonds is 6. The maximum atomic E-state index is 13.3. The summed E-state index contributed by atoms with van der Waals surface area (Å²) in [5.41, 5.74) is 4.85. The zero-order valence-electron chi connectivity index (χ0n) is 21.8. The molecule has 0 aliphatic heterocycles. The van der Waals surface area contributed by atoms with E-state index in [1.54, 1.807) is 55.5 Å². The molecule has 1 atom stereocenters. The van der Waals surface area contributed by atoms with E-state index in [2.05, 4.69) is 10.0 Å². The Morgan fingerprint density at radius 1 is 0.850 bits per heavy atom. The number of benzene rings is 4. The minimum Gasteiger partial charge on any atom is -0.322 e. The highest BCUT2D eigenvalue weighted by Gasteiger charge is 2.30. The predicted molar refractivity (Wildman–Crippen MR) is 149 cm³/mol. The fraction of sp³-hybridized carbons (Fsp3) is 0.194. The smallest absolute Gasteiger partial charge is 0.322 e. The predicted octanol–water partition coefficient (Wildman–Crippen LogP) is 6.69. The number of halogens is 3. The molecule has 1 unspecified atom stereocenters. The van der Waals surface area contributed by atoms with Crippen molar-refractivity contribution in [3.05, 3.63) is 118 Å². The summed E-state index contributed by atoms with van der Waals surface area (Å²) >= 11 is 0. The highest BCUT2D eigenvalue weighted by atomic mass is 32.2. The molecule has 0 saturated carbocycles. The van der Waals surface area contributed by atoms with Gasteiger partial charge in [-0.15, -0.1) is 0 Å². The van der Waals surface area contributed by atoms with E-state index in [-0.39, 0.29) is 10.9 Å². The lowest BCUT2D eigenvalue weighted by atomic mass is 9.93. The van der Waals surface area contributed by atoms with Gasteiger partial charge in [-0.3, -0.25) is 4.79 Å². The summed E-state index contributed by atoms with van der Waals surface area (Å²) in [5, 5.41) is 2.90. The monoisotopic (exact) mass is 564 g/mol. The van der Waals surface area contributed by atoms with E-state index in [1.807, 2.05) is 19.1 Å². The van der Waals surface area contributed by atoms with E-state index in [9.17, 15) is 26.4 Å². The van der Waals surface area contributed by atoms with Gasteiger partial charge in [-0.2, -0.15) is 13.2 Å². The minimum absolute atomic E-state index is 0.212. The van der Waals surface area contributed by atoms with Crippen molar-refractivity contribution >= 4 is 21.6 Å². The van der Waals surface area contributed by atoms with E-state index >= 15 is 0 Å². The van der Waals surface area contributed by atoms with Crippen LogP contribution in [-0.4, -0.2) is 20.4 Å². The fourth-order valence-corrected chi connectivity index (χ4v) is 6.28. The third-order valence-corrected chi connectivity index (χ3v) is 8.60. The zero-order chi connectivity index (χ0) is 28.7. The maximum Gasteiger partial charge on any atom is 0.416 e. The number of amides is 1. The summed E-state index contributed by atoms with van der Waals surface area (Å²) in [6.07, 6.45) is -3.44. The lowest BCUT2D eigenvalue weighted by molar-refractivity contribution is -0.137. The second-order valence-corrected chi connectivity index (χ2v) is 11.8. The van der Waals surface area contributed by atoms with Crippen molar-refractivity contribution in [3.63, 3.8) is 0 Å². The molecule has 1 aliphatic carbocycles. The molecule has 0 heterocycles. The van der Waals surface area contributed by atoms with Gasteiger partial charge in [0.25, 0.3) is 5.91 Å². The van der Waals surface area contributed by atoms with Crippen LogP contribution in [0.15, 0.2) is 89.8 Å².